The predicted octanol–water partition coefficient (Wildman–Crippen LogP) is 0.440. The summed E-state index contributed by atoms with van der Waals surface area (Å²) in [6.45, 7) is 2.41. The van der Waals surface area contributed by atoms with Crippen LogP contribution in [0.1, 0.15) is 6.23 Å². The van der Waals surface area contributed by atoms with Gasteiger partial charge in [0, 0.05) is 0 Å². The van der Waals surface area contributed by atoms with Gasteiger partial charge in [-0.1, -0.05) is 6.08 Å². The summed E-state index contributed by atoms with van der Waals surface area (Å²) in [7, 11) is 0. The summed E-state index contributed by atoms with van der Waals surface area (Å²) in [6, 6.07) is 0. The lowest BCUT2D eigenvalue weighted by Crippen LogP contribution is -2.23. The molecule has 7 nitrogen and oxygen atoms in total. The first-order valence-corrected chi connectivity index (χ1v) is 5.59. The van der Waals surface area contributed by atoms with Gasteiger partial charge in [0.1, 0.15) is 24.6 Å². The van der Waals surface area contributed by atoms with E-state index in [4.69, 9.17) is 15.6 Å². The molecule has 0 spiro atoms. The molecule has 2 rings (SSSR count). The molecule has 8 heteroatoms. The van der Waals surface area contributed by atoms with Crippen molar-refractivity contribution in [1.29, 1.82) is 0 Å². The molecular formula is C11H14FN5O2. The molecule has 0 amide bonds. The molecule has 0 saturated carbocycles. The maximum Gasteiger partial charge on any atom is 0.167 e. The molecule has 0 radical (unpaired) electrons. The summed E-state index contributed by atoms with van der Waals surface area (Å²) in [6.07, 6.45) is 2.40. The number of anilines is 1. The number of nitrogens with zero attached hydrogens (tertiary/aromatic N) is 4. The Balaban J connectivity index is 2.35. The van der Waals surface area contributed by atoms with E-state index in [-0.39, 0.29) is 12.4 Å². The van der Waals surface area contributed by atoms with E-state index in [1.807, 2.05) is 0 Å². The quantitative estimate of drug-likeness (QED) is 0.737. The SMILES string of the molecule is C=C[C@@H](CO)O[C@H](CF)n1cnc2c(N)ncnc21. The van der Waals surface area contributed by atoms with Crippen molar-refractivity contribution >= 4 is 17.0 Å². The molecule has 0 fully saturated rings. The summed E-state index contributed by atoms with van der Waals surface area (Å²) < 4.78 is 19.9. The summed E-state index contributed by atoms with van der Waals surface area (Å²) >= 11 is 0. The van der Waals surface area contributed by atoms with Gasteiger partial charge in [0.25, 0.3) is 0 Å². The summed E-state index contributed by atoms with van der Waals surface area (Å²) in [5.41, 5.74) is 6.40. The molecule has 0 aromatic carbocycles. The number of hydrogen-bond donors (Lipinski definition) is 2. The minimum atomic E-state index is -0.963. The molecule has 0 aliphatic heterocycles. The van der Waals surface area contributed by atoms with Crippen LogP contribution in [0.25, 0.3) is 11.2 Å². The molecule has 2 aromatic heterocycles. The van der Waals surface area contributed by atoms with Gasteiger partial charge in [0.15, 0.2) is 17.7 Å². The number of aromatic nitrogens is 4. The van der Waals surface area contributed by atoms with Crippen molar-refractivity contribution < 1.29 is 14.2 Å². The van der Waals surface area contributed by atoms with Crippen molar-refractivity contribution in [2.75, 3.05) is 19.0 Å². The van der Waals surface area contributed by atoms with E-state index in [0.29, 0.717) is 11.2 Å². The molecule has 0 unspecified atom stereocenters. The van der Waals surface area contributed by atoms with Gasteiger partial charge in [0.2, 0.25) is 0 Å². The molecule has 0 aliphatic rings. The number of rotatable bonds is 6. The monoisotopic (exact) mass is 267 g/mol. The Bertz CT molecular complexity index is 573. The van der Waals surface area contributed by atoms with Crippen LogP contribution in [0.3, 0.4) is 0 Å². The van der Waals surface area contributed by atoms with Crippen molar-refractivity contribution in [1.82, 2.24) is 19.5 Å². The number of fused-ring (bicyclic) bond motifs is 1. The van der Waals surface area contributed by atoms with Crippen LogP contribution < -0.4 is 5.73 Å². The van der Waals surface area contributed by atoms with Crippen LogP contribution in [-0.4, -0.2) is 44.0 Å². The number of aliphatic hydroxyl groups excluding tert-OH is 1. The lowest BCUT2D eigenvalue weighted by atomic mass is 10.4. The Morgan fingerprint density at radius 3 is 2.95 bits per heavy atom. The molecule has 2 aromatic rings. The first-order chi connectivity index (χ1) is 9.21. The molecule has 19 heavy (non-hydrogen) atoms. The average Bonchev–Trinajstić information content (AvgIpc) is 2.86. The lowest BCUT2D eigenvalue weighted by Gasteiger charge is -2.20. The second-order valence-electron chi connectivity index (χ2n) is 3.78. The first-order valence-electron chi connectivity index (χ1n) is 5.59. The van der Waals surface area contributed by atoms with Gasteiger partial charge in [-0.05, 0) is 0 Å². The van der Waals surface area contributed by atoms with E-state index < -0.39 is 19.0 Å². The Kier molecular flexibility index (Phi) is 4.03. The molecule has 2 heterocycles. The molecule has 102 valence electrons. The van der Waals surface area contributed by atoms with Gasteiger partial charge in [-0.25, -0.2) is 19.3 Å². The van der Waals surface area contributed by atoms with E-state index in [2.05, 4.69) is 21.5 Å². The first kappa shape index (κ1) is 13.4. The fourth-order valence-corrected chi connectivity index (χ4v) is 1.63. The third-order valence-electron chi connectivity index (χ3n) is 2.60. The number of ether oxygens (including phenoxy) is 1. The zero-order chi connectivity index (χ0) is 13.8. The second kappa shape index (κ2) is 5.72. The highest BCUT2D eigenvalue weighted by molar-refractivity contribution is 5.81. The number of nitrogen functional groups attached to an aromatic ring is 1. The maximum absolute atomic E-state index is 13.1. The highest BCUT2D eigenvalue weighted by Crippen LogP contribution is 2.21. The van der Waals surface area contributed by atoms with Crippen LogP contribution in [0.4, 0.5) is 10.2 Å². The zero-order valence-corrected chi connectivity index (χ0v) is 10.1. The summed E-state index contributed by atoms with van der Waals surface area (Å²) in [5.74, 6) is 0.212. The largest absolute Gasteiger partial charge is 0.393 e. The minimum Gasteiger partial charge on any atom is -0.393 e. The number of alkyl halides is 1. The number of hydrogen-bond acceptors (Lipinski definition) is 6. The van der Waals surface area contributed by atoms with E-state index in [1.165, 1.54) is 23.3 Å². The summed E-state index contributed by atoms with van der Waals surface area (Å²) in [4.78, 5) is 11.8. The van der Waals surface area contributed by atoms with Crippen molar-refractivity contribution in [3.05, 3.63) is 25.3 Å². The maximum atomic E-state index is 13.1. The van der Waals surface area contributed by atoms with Gasteiger partial charge in [-0.15, -0.1) is 6.58 Å². The molecule has 3 N–H and O–H groups in total. The van der Waals surface area contributed by atoms with Crippen molar-refractivity contribution in [3.8, 4) is 0 Å². The van der Waals surface area contributed by atoms with Gasteiger partial charge < -0.3 is 15.6 Å². The number of imidazole rings is 1. The molecule has 0 saturated heterocycles. The normalized spacial score (nSPS) is 14.4. The van der Waals surface area contributed by atoms with E-state index in [1.54, 1.807) is 0 Å². The number of nitrogens with two attached hydrogens (primary N) is 1. The number of halogens is 1. The van der Waals surface area contributed by atoms with Crippen LogP contribution in [0.2, 0.25) is 0 Å². The molecular weight excluding hydrogens is 253 g/mol. The Morgan fingerprint density at radius 2 is 2.32 bits per heavy atom. The van der Waals surface area contributed by atoms with Gasteiger partial charge in [-0.2, -0.15) is 0 Å². The van der Waals surface area contributed by atoms with E-state index in [9.17, 15) is 4.39 Å². The number of aliphatic hydroxyl groups is 1. The van der Waals surface area contributed by atoms with Crippen molar-refractivity contribution in [2.24, 2.45) is 0 Å². The van der Waals surface area contributed by atoms with Gasteiger partial charge in [-0.3, -0.25) is 4.57 Å². The van der Waals surface area contributed by atoms with E-state index >= 15 is 0 Å². The third-order valence-corrected chi connectivity index (χ3v) is 2.60. The van der Waals surface area contributed by atoms with Crippen LogP contribution in [0.15, 0.2) is 25.3 Å². The summed E-state index contributed by atoms with van der Waals surface area (Å²) in [5, 5.41) is 9.04. The zero-order valence-electron chi connectivity index (χ0n) is 10.1. The Morgan fingerprint density at radius 1 is 1.53 bits per heavy atom. The fraction of sp³-hybridized carbons (Fsp3) is 0.364. The lowest BCUT2D eigenvalue weighted by molar-refractivity contribution is -0.0614. The van der Waals surface area contributed by atoms with Crippen LogP contribution in [0, 0.1) is 0 Å². The fourth-order valence-electron chi connectivity index (χ4n) is 1.63. The smallest absolute Gasteiger partial charge is 0.167 e. The minimum absolute atomic E-state index is 0.212. The highest BCUT2D eigenvalue weighted by Gasteiger charge is 2.19. The topological polar surface area (TPSA) is 99.1 Å². The molecule has 2 atom stereocenters. The van der Waals surface area contributed by atoms with Gasteiger partial charge >= 0.3 is 0 Å². The van der Waals surface area contributed by atoms with Crippen molar-refractivity contribution in [3.63, 3.8) is 0 Å². The Hall–Kier alpha value is -2.06. The third kappa shape index (κ3) is 2.54. The van der Waals surface area contributed by atoms with Crippen LogP contribution in [-0.2, 0) is 4.74 Å². The van der Waals surface area contributed by atoms with Gasteiger partial charge in [0.05, 0.1) is 12.9 Å². The molecule has 0 bridgehead atoms. The van der Waals surface area contributed by atoms with E-state index in [0.717, 1.165) is 0 Å². The molecule has 0 aliphatic carbocycles. The van der Waals surface area contributed by atoms with Crippen LogP contribution >= 0.6 is 0 Å². The Labute approximate surface area is 108 Å². The standard InChI is InChI=1S/C11H14FN5O2/c1-2-7(4-18)19-8(3-12)17-6-16-9-10(13)14-5-15-11(9)17/h2,5-8,18H,1,3-4H2,(H2,13,14,15)/t7-,8+/m0/s1. The predicted molar refractivity (Wildman–Crippen MR) is 66.9 cm³/mol. The van der Waals surface area contributed by atoms with Crippen molar-refractivity contribution in [2.45, 2.75) is 12.3 Å². The highest BCUT2D eigenvalue weighted by atomic mass is 19.1. The van der Waals surface area contributed by atoms with Crippen LogP contribution in [0.5, 0.6) is 0 Å². The second-order valence-corrected chi connectivity index (χ2v) is 3.78. The average molecular weight is 267 g/mol.